The maximum Gasteiger partial charge on any atom is 0.193 e. The summed E-state index contributed by atoms with van der Waals surface area (Å²) >= 11 is 0. The first-order valence-corrected chi connectivity index (χ1v) is 10.6. The third-order valence-electron chi connectivity index (χ3n) is 5.45. The van der Waals surface area contributed by atoms with Crippen LogP contribution in [0.15, 0.2) is 23.3 Å². The lowest BCUT2D eigenvalue weighted by molar-refractivity contribution is -0.0108. The highest BCUT2D eigenvalue weighted by molar-refractivity contribution is 6.73. The molecule has 4 heteroatoms. The molecule has 3 nitrogen and oxygen atoms in total. The minimum atomic E-state index is -1.69. The van der Waals surface area contributed by atoms with E-state index >= 15 is 0 Å². The second-order valence-corrected chi connectivity index (χ2v) is 10.9. The number of ether oxygens (including phenoxy) is 1. The molecule has 20 heavy (non-hydrogen) atoms. The molecule has 0 aromatic heterocycles. The molecule has 0 unspecified atom stereocenters. The summed E-state index contributed by atoms with van der Waals surface area (Å²) in [6.07, 6.45) is 5.84. The van der Waals surface area contributed by atoms with Gasteiger partial charge in [0.1, 0.15) is 6.10 Å². The zero-order chi connectivity index (χ0) is 14.3. The predicted molar refractivity (Wildman–Crippen MR) is 82.1 cm³/mol. The number of rotatable bonds is 5. The molecule has 0 aromatic carbocycles. The first-order valence-electron chi connectivity index (χ1n) is 8.06. The Morgan fingerprint density at radius 2 is 1.95 bits per heavy atom. The van der Waals surface area contributed by atoms with Crippen molar-refractivity contribution in [2.75, 3.05) is 0 Å². The van der Waals surface area contributed by atoms with Crippen LogP contribution in [0.4, 0.5) is 0 Å². The molecule has 0 amide bonds. The van der Waals surface area contributed by atoms with Crippen LogP contribution in [0.1, 0.15) is 33.6 Å². The zero-order valence-electron chi connectivity index (χ0n) is 12.8. The second kappa shape index (κ2) is 5.41. The van der Waals surface area contributed by atoms with E-state index < -0.39 is 8.32 Å². The van der Waals surface area contributed by atoms with Crippen LogP contribution in [0.25, 0.3) is 0 Å². The van der Waals surface area contributed by atoms with E-state index in [1.54, 1.807) is 0 Å². The molecule has 0 saturated carbocycles. The highest BCUT2D eigenvalue weighted by Crippen LogP contribution is 2.44. The minimum absolute atomic E-state index is 0.0167. The van der Waals surface area contributed by atoms with Gasteiger partial charge in [-0.05, 0) is 42.1 Å². The average molecular weight is 294 g/mol. The molecular weight excluding hydrogens is 268 g/mol. The molecule has 3 aliphatic rings. The molecule has 3 rings (SSSR count). The highest BCUT2D eigenvalue weighted by Gasteiger charge is 2.47. The molecule has 0 radical (unpaired) electrons. The maximum atomic E-state index is 10.4. The van der Waals surface area contributed by atoms with Gasteiger partial charge in [-0.15, -0.1) is 0 Å². The van der Waals surface area contributed by atoms with Crippen molar-refractivity contribution in [2.24, 2.45) is 0 Å². The fraction of sp³-hybridized carbons (Fsp3) is 0.750. The number of aliphatic hydroxyl groups is 1. The van der Waals surface area contributed by atoms with Gasteiger partial charge in [-0.3, -0.25) is 0 Å². The highest BCUT2D eigenvalue weighted by atomic mass is 28.4. The van der Waals surface area contributed by atoms with E-state index in [9.17, 15) is 5.11 Å². The smallest absolute Gasteiger partial charge is 0.193 e. The molecule has 4 atom stereocenters. The summed E-state index contributed by atoms with van der Waals surface area (Å²) in [5.74, 6) is 0. The van der Waals surface area contributed by atoms with Gasteiger partial charge < -0.3 is 14.3 Å². The standard InChI is InChI=1S/C16H26O3Si/c1-4-20(5-2,6-3)19-16-14-10-9-13(18-14)11-7-8-12(17)15(11)16/h9-10,12-14,16-17H,4-8H2,1-3H3/t12-,13-,14+,16-/m1/s1. The van der Waals surface area contributed by atoms with Gasteiger partial charge in [0.05, 0.1) is 18.3 Å². The monoisotopic (exact) mass is 294 g/mol. The Labute approximate surface area is 122 Å². The Kier molecular flexibility index (Phi) is 3.92. The van der Waals surface area contributed by atoms with Gasteiger partial charge in [-0.2, -0.15) is 0 Å². The molecule has 1 aliphatic carbocycles. The molecule has 112 valence electrons. The first-order chi connectivity index (χ1) is 9.64. The van der Waals surface area contributed by atoms with Gasteiger partial charge in [-0.1, -0.05) is 32.9 Å². The summed E-state index contributed by atoms with van der Waals surface area (Å²) in [4.78, 5) is 0. The van der Waals surface area contributed by atoms with Gasteiger partial charge in [-0.25, -0.2) is 0 Å². The van der Waals surface area contributed by atoms with Gasteiger partial charge in [0.15, 0.2) is 8.32 Å². The van der Waals surface area contributed by atoms with E-state index in [0.29, 0.717) is 0 Å². The summed E-state index contributed by atoms with van der Waals surface area (Å²) < 4.78 is 12.8. The van der Waals surface area contributed by atoms with Crippen LogP contribution >= 0.6 is 0 Å². The summed E-state index contributed by atoms with van der Waals surface area (Å²) in [6.45, 7) is 6.74. The molecule has 0 aromatic rings. The quantitative estimate of drug-likeness (QED) is 0.625. The van der Waals surface area contributed by atoms with Gasteiger partial charge in [0.2, 0.25) is 0 Å². The lowest BCUT2D eigenvalue weighted by atomic mass is 9.97. The predicted octanol–water partition coefficient (Wildman–Crippen LogP) is 3.17. The zero-order valence-corrected chi connectivity index (χ0v) is 13.8. The van der Waals surface area contributed by atoms with Crippen LogP contribution in [-0.4, -0.2) is 37.8 Å². The van der Waals surface area contributed by atoms with E-state index in [4.69, 9.17) is 9.16 Å². The fourth-order valence-electron chi connectivity index (χ4n) is 3.90. The Balaban J connectivity index is 1.91. The number of hydrogen-bond donors (Lipinski definition) is 1. The van der Waals surface area contributed by atoms with Crippen molar-refractivity contribution >= 4 is 8.32 Å². The van der Waals surface area contributed by atoms with Crippen molar-refractivity contribution in [3.8, 4) is 0 Å². The molecule has 2 heterocycles. The largest absolute Gasteiger partial charge is 0.407 e. The van der Waals surface area contributed by atoms with Crippen molar-refractivity contribution in [3.63, 3.8) is 0 Å². The minimum Gasteiger partial charge on any atom is -0.407 e. The van der Waals surface area contributed by atoms with Crippen LogP contribution in [0.3, 0.4) is 0 Å². The van der Waals surface area contributed by atoms with E-state index in [1.807, 2.05) is 0 Å². The van der Waals surface area contributed by atoms with E-state index in [1.165, 1.54) is 5.57 Å². The molecule has 0 saturated heterocycles. The van der Waals surface area contributed by atoms with Crippen molar-refractivity contribution in [2.45, 2.75) is 76.2 Å². The molecule has 2 aliphatic heterocycles. The van der Waals surface area contributed by atoms with Crippen molar-refractivity contribution in [3.05, 3.63) is 23.3 Å². The summed E-state index contributed by atoms with van der Waals surface area (Å²) in [5.41, 5.74) is 2.45. The van der Waals surface area contributed by atoms with E-state index in [2.05, 4.69) is 32.9 Å². The topological polar surface area (TPSA) is 38.7 Å². The van der Waals surface area contributed by atoms with Crippen molar-refractivity contribution in [1.82, 2.24) is 0 Å². The number of aliphatic hydroxyl groups excluding tert-OH is 1. The Hall–Kier alpha value is -0.423. The van der Waals surface area contributed by atoms with E-state index in [0.717, 1.165) is 36.5 Å². The van der Waals surface area contributed by atoms with Gasteiger partial charge >= 0.3 is 0 Å². The van der Waals surface area contributed by atoms with Crippen LogP contribution in [0.2, 0.25) is 18.1 Å². The molecule has 2 bridgehead atoms. The normalized spacial score (nSPS) is 35.8. The summed E-state index contributed by atoms with van der Waals surface area (Å²) in [6, 6.07) is 3.40. The third kappa shape index (κ3) is 2.13. The number of fused-ring (bicyclic) bond motifs is 3. The Bertz CT molecular complexity index is 431. The van der Waals surface area contributed by atoms with Crippen LogP contribution in [0.5, 0.6) is 0 Å². The van der Waals surface area contributed by atoms with Gasteiger partial charge in [0, 0.05) is 0 Å². The fourth-order valence-corrected chi connectivity index (χ4v) is 6.70. The molecular formula is C16H26O3Si. The Morgan fingerprint density at radius 3 is 2.60 bits per heavy atom. The van der Waals surface area contributed by atoms with Crippen LogP contribution in [-0.2, 0) is 9.16 Å². The van der Waals surface area contributed by atoms with Crippen molar-refractivity contribution in [1.29, 1.82) is 0 Å². The first kappa shape index (κ1) is 14.5. The third-order valence-corrected chi connectivity index (χ3v) is 10.1. The average Bonchev–Trinajstić information content (AvgIpc) is 3.06. The SMILES string of the molecule is CC[Si](CC)(CC)O[C@H]1C2=C(CC[C@H]2O)[C@H]2C=C[C@@H]1O2. The second-order valence-electron chi connectivity index (χ2n) is 6.22. The Morgan fingerprint density at radius 1 is 1.25 bits per heavy atom. The summed E-state index contributed by atoms with van der Waals surface area (Å²) in [5, 5.41) is 10.4. The van der Waals surface area contributed by atoms with E-state index in [-0.39, 0.29) is 24.4 Å². The lowest BCUT2D eigenvalue weighted by Crippen LogP contribution is -2.48. The molecule has 1 N–H and O–H groups in total. The van der Waals surface area contributed by atoms with Crippen LogP contribution in [0, 0.1) is 0 Å². The number of hydrogen-bond acceptors (Lipinski definition) is 3. The van der Waals surface area contributed by atoms with Gasteiger partial charge in [0.25, 0.3) is 0 Å². The summed E-state index contributed by atoms with van der Waals surface area (Å²) in [7, 11) is -1.69. The molecule has 0 spiro atoms. The van der Waals surface area contributed by atoms with Crippen molar-refractivity contribution < 1.29 is 14.3 Å². The van der Waals surface area contributed by atoms with Crippen LogP contribution < -0.4 is 0 Å². The maximum absolute atomic E-state index is 10.4. The molecule has 0 fully saturated rings. The lowest BCUT2D eigenvalue weighted by Gasteiger charge is -2.39.